The molecule has 0 bridgehead atoms. The molecule has 0 heterocycles. The molecule has 0 saturated heterocycles. The number of carbonyl (C=O) groups is 1. The Hall–Kier alpha value is -1.07. The number of carboxylic acid groups (broad SMARTS) is 1. The lowest BCUT2D eigenvalue weighted by atomic mass is 10.1. The number of aromatic carboxylic acids is 1. The van der Waals surface area contributed by atoms with E-state index in [9.17, 15) is 13.2 Å². The van der Waals surface area contributed by atoms with Gasteiger partial charge in [0.2, 0.25) is 9.05 Å². The molecule has 0 saturated carbocycles. The van der Waals surface area contributed by atoms with E-state index < -0.39 is 15.0 Å². The molecule has 0 aromatic heterocycles. The van der Waals surface area contributed by atoms with Crippen LogP contribution in [0.3, 0.4) is 0 Å². The summed E-state index contributed by atoms with van der Waals surface area (Å²) in [5.74, 6) is -1.45. The topological polar surface area (TPSA) is 71.4 Å². The Bertz CT molecular complexity index is 493. The van der Waals surface area contributed by atoms with Gasteiger partial charge in [0, 0.05) is 10.7 Å². The van der Waals surface area contributed by atoms with Crippen LogP contribution in [0.1, 0.15) is 21.5 Å². The third-order valence-corrected chi connectivity index (χ3v) is 2.88. The van der Waals surface area contributed by atoms with E-state index in [4.69, 9.17) is 15.8 Å². The van der Waals surface area contributed by atoms with Crippen molar-refractivity contribution in [2.75, 3.05) is 0 Å². The van der Waals surface area contributed by atoms with Crippen LogP contribution in [-0.2, 0) is 14.8 Å². The minimum absolute atomic E-state index is 0.0906. The highest BCUT2D eigenvalue weighted by molar-refractivity contribution is 8.13. The summed E-state index contributed by atoms with van der Waals surface area (Å²) < 4.78 is 21.6. The van der Waals surface area contributed by atoms with E-state index in [0.717, 1.165) is 0 Å². The van der Waals surface area contributed by atoms with Crippen molar-refractivity contribution >= 4 is 25.7 Å². The highest BCUT2D eigenvalue weighted by atomic mass is 35.7. The number of aryl methyl sites for hydroxylation is 1. The molecule has 0 aliphatic rings. The maximum absolute atomic E-state index is 10.8. The van der Waals surface area contributed by atoms with Crippen molar-refractivity contribution in [3.63, 3.8) is 0 Å². The molecule has 1 N–H and O–H groups in total. The van der Waals surface area contributed by atoms with Crippen LogP contribution in [0.5, 0.6) is 0 Å². The highest BCUT2D eigenvalue weighted by Crippen LogP contribution is 2.15. The van der Waals surface area contributed by atoms with Gasteiger partial charge in [-0.05, 0) is 24.1 Å². The smallest absolute Gasteiger partial charge is 0.335 e. The SMILES string of the molecule is Cc1ccc(CS(=O)(=O)Cl)cc1C(=O)O. The quantitative estimate of drug-likeness (QED) is 0.828. The molecule has 0 amide bonds. The van der Waals surface area contributed by atoms with Crippen LogP contribution in [0.25, 0.3) is 0 Å². The predicted octanol–water partition coefficient (Wildman–Crippen LogP) is 1.76. The molecule has 0 radical (unpaired) electrons. The monoisotopic (exact) mass is 248 g/mol. The number of halogens is 1. The molecule has 1 aromatic rings. The molecule has 0 aliphatic heterocycles. The van der Waals surface area contributed by atoms with Crippen LogP contribution >= 0.6 is 10.7 Å². The summed E-state index contributed by atoms with van der Waals surface area (Å²) >= 11 is 0. The van der Waals surface area contributed by atoms with Gasteiger partial charge in [-0.1, -0.05) is 12.1 Å². The molecule has 82 valence electrons. The molecule has 1 rings (SSSR count). The summed E-state index contributed by atoms with van der Waals surface area (Å²) in [5.41, 5.74) is 1.04. The van der Waals surface area contributed by atoms with Crippen molar-refractivity contribution in [2.45, 2.75) is 12.7 Å². The first-order valence-electron chi connectivity index (χ1n) is 4.05. The van der Waals surface area contributed by atoms with Crippen molar-refractivity contribution < 1.29 is 18.3 Å². The minimum atomic E-state index is -3.65. The van der Waals surface area contributed by atoms with Crippen LogP contribution in [0.2, 0.25) is 0 Å². The fourth-order valence-electron chi connectivity index (χ4n) is 1.19. The highest BCUT2D eigenvalue weighted by Gasteiger charge is 2.11. The maximum atomic E-state index is 10.8. The second-order valence-corrected chi connectivity index (χ2v) is 5.91. The maximum Gasteiger partial charge on any atom is 0.335 e. The van der Waals surface area contributed by atoms with E-state index in [2.05, 4.69) is 0 Å². The van der Waals surface area contributed by atoms with E-state index in [-0.39, 0.29) is 11.3 Å². The van der Waals surface area contributed by atoms with Crippen molar-refractivity contribution in [3.05, 3.63) is 34.9 Å². The molecule has 15 heavy (non-hydrogen) atoms. The Kier molecular flexibility index (Phi) is 3.36. The van der Waals surface area contributed by atoms with Crippen molar-refractivity contribution in [2.24, 2.45) is 0 Å². The summed E-state index contributed by atoms with van der Waals surface area (Å²) in [5, 5.41) is 8.81. The van der Waals surface area contributed by atoms with Crippen molar-refractivity contribution in [3.8, 4) is 0 Å². The Morgan fingerprint density at radius 1 is 1.47 bits per heavy atom. The summed E-state index contributed by atoms with van der Waals surface area (Å²) in [7, 11) is 1.41. The first-order valence-corrected chi connectivity index (χ1v) is 6.52. The molecule has 0 unspecified atom stereocenters. The first-order chi connectivity index (χ1) is 6.79. The van der Waals surface area contributed by atoms with E-state index in [1.165, 1.54) is 6.07 Å². The second-order valence-electron chi connectivity index (χ2n) is 3.14. The van der Waals surface area contributed by atoms with Gasteiger partial charge in [-0.2, -0.15) is 0 Å². The van der Waals surface area contributed by atoms with Crippen molar-refractivity contribution in [1.29, 1.82) is 0 Å². The number of carboxylic acids is 1. The van der Waals surface area contributed by atoms with Crippen molar-refractivity contribution in [1.82, 2.24) is 0 Å². The summed E-state index contributed by atoms with van der Waals surface area (Å²) in [6, 6.07) is 4.42. The molecular weight excluding hydrogens is 240 g/mol. The Morgan fingerprint density at radius 3 is 2.53 bits per heavy atom. The fraction of sp³-hybridized carbons (Fsp3) is 0.222. The minimum Gasteiger partial charge on any atom is -0.478 e. The Labute approximate surface area is 91.9 Å². The normalized spacial score (nSPS) is 11.3. The van der Waals surface area contributed by atoms with Gasteiger partial charge in [0.05, 0.1) is 11.3 Å². The van der Waals surface area contributed by atoms with Gasteiger partial charge in [0.25, 0.3) is 0 Å². The average Bonchev–Trinajstić information content (AvgIpc) is 2.05. The zero-order valence-corrected chi connectivity index (χ0v) is 9.47. The van der Waals surface area contributed by atoms with Crippen LogP contribution < -0.4 is 0 Å². The van der Waals surface area contributed by atoms with Gasteiger partial charge in [-0.3, -0.25) is 0 Å². The Morgan fingerprint density at radius 2 is 2.07 bits per heavy atom. The van der Waals surface area contributed by atoms with Crippen LogP contribution in [-0.4, -0.2) is 19.5 Å². The summed E-state index contributed by atoms with van der Waals surface area (Å²) in [4.78, 5) is 10.8. The van der Waals surface area contributed by atoms with Gasteiger partial charge in [0.15, 0.2) is 0 Å². The lowest BCUT2D eigenvalue weighted by molar-refractivity contribution is 0.0696. The summed E-state index contributed by atoms with van der Waals surface area (Å²) in [6.45, 7) is 1.64. The predicted molar refractivity (Wildman–Crippen MR) is 56.6 cm³/mol. The van der Waals surface area contributed by atoms with Gasteiger partial charge in [0.1, 0.15) is 0 Å². The van der Waals surface area contributed by atoms with E-state index in [1.54, 1.807) is 19.1 Å². The largest absolute Gasteiger partial charge is 0.478 e. The van der Waals surface area contributed by atoms with Gasteiger partial charge < -0.3 is 5.11 Å². The van der Waals surface area contributed by atoms with Gasteiger partial charge in [-0.15, -0.1) is 0 Å². The first kappa shape index (κ1) is 12.0. The third kappa shape index (κ3) is 3.53. The standard InChI is InChI=1S/C9H9ClO4S/c1-6-2-3-7(5-15(10,13)14)4-8(6)9(11)12/h2-4H,5H2,1H3,(H,11,12). The zero-order valence-electron chi connectivity index (χ0n) is 7.90. The van der Waals surface area contributed by atoms with E-state index in [0.29, 0.717) is 11.1 Å². The molecule has 0 atom stereocenters. The molecule has 0 spiro atoms. The Balaban J connectivity index is 3.14. The average molecular weight is 249 g/mol. The molecule has 6 heteroatoms. The van der Waals surface area contributed by atoms with Crippen LogP contribution in [0, 0.1) is 6.92 Å². The zero-order chi connectivity index (χ0) is 11.6. The molecular formula is C9H9ClO4S. The van der Waals surface area contributed by atoms with Gasteiger partial charge in [-0.25, -0.2) is 13.2 Å². The van der Waals surface area contributed by atoms with E-state index in [1.807, 2.05) is 0 Å². The number of benzene rings is 1. The molecule has 1 aromatic carbocycles. The second kappa shape index (κ2) is 4.20. The number of hydrogen-bond donors (Lipinski definition) is 1. The van der Waals surface area contributed by atoms with Crippen LogP contribution in [0.4, 0.5) is 0 Å². The fourth-order valence-corrected chi connectivity index (χ4v) is 2.14. The van der Waals surface area contributed by atoms with Gasteiger partial charge >= 0.3 is 5.97 Å². The molecule has 4 nitrogen and oxygen atoms in total. The third-order valence-electron chi connectivity index (χ3n) is 1.87. The summed E-state index contributed by atoms with van der Waals surface area (Å²) in [6.07, 6.45) is 0. The van der Waals surface area contributed by atoms with E-state index >= 15 is 0 Å². The lowest BCUT2D eigenvalue weighted by Gasteiger charge is -2.03. The molecule has 0 aliphatic carbocycles. The van der Waals surface area contributed by atoms with Crippen LogP contribution in [0.15, 0.2) is 18.2 Å². The number of hydrogen-bond acceptors (Lipinski definition) is 3. The lowest BCUT2D eigenvalue weighted by Crippen LogP contribution is -2.02. The molecule has 0 fully saturated rings. The number of rotatable bonds is 3.